The highest BCUT2D eigenvalue weighted by atomic mass is 32.1. The van der Waals surface area contributed by atoms with Gasteiger partial charge in [-0.25, -0.2) is 4.79 Å². The van der Waals surface area contributed by atoms with Crippen molar-refractivity contribution in [1.82, 2.24) is 15.3 Å². The predicted molar refractivity (Wildman–Crippen MR) is 117 cm³/mol. The van der Waals surface area contributed by atoms with Gasteiger partial charge in [0.25, 0.3) is 5.91 Å². The van der Waals surface area contributed by atoms with E-state index in [0.29, 0.717) is 33.6 Å². The van der Waals surface area contributed by atoms with Crippen LogP contribution in [0.2, 0.25) is 0 Å². The second kappa shape index (κ2) is 7.14. The lowest BCUT2D eigenvalue weighted by Crippen LogP contribution is -2.55. The number of fused-ring (bicyclic) bond motifs is 2. The number of rotatable bonds is 3. The second-order valence-electron chi connectivity index (χ2n) is 8.63. The highest BCUT2D eigenvalue weighted by Crippen LogP contribution is 2.45. The third-order valence-corrected chi connectivity index (χ3v) is 6.66. The summed E-state index contributed by atoms with van der Waals surface area (Å²) in [4.78, 5) is 35.2. The minimum atomic E-state index is -0.444. The van der Waals surface area contributed by atoms with E-state index in [9.17, 15) is 9.59 Å². The maximum atomic E-state index is 13.0. The number of nitrogens with zero attached hydrogens (tertiary/aromatic N) is 2. The van der Waals surface area contributed by atoms with Crippen molar-refractivity contribution >= 4 is 39.2 Å². The Morgan fingerprint density at radius 1 is 1.13 bits per heavy atom. The molecule has 0 aliphatic carbocycles. The zero-order chi connectivity index (χ0) is 21.7. The van der Waals surface area contributed by atoms with Gasteiger partial charge < -0.3 is 15.4 Å². The molecule has 1 aliphatic rings. The molecule has 2 N–H and O–H groups in total. The summed E-state index contributed by atoms with van der Waals surface area (Å²) in [6.45, 7) is 8.37. The van der Waals surface area contributed by atoms with Crippen molar-refractivity contribution in [2.24, 2.45) is 0 Å². The van der Waals surface area contributed by atoms with Gasteiger partial charge in [-0.05, 0) is 57.9 Å². The Balaban J connectivity index is 1.76. The van der Waals surface area contributed by atoms with E-state index in [4.69, 9.17) is 4.74 Å². The predicted octanol–water partition coefficient (Wildman–Crippen LogP) is 3.89. The third-order valence-electron chi connectivity index (χ3n) is 5.19. The molecule has 1 aliphatic heterocycles. The normalized spacial score (nSPS) is 16.7. The van der Waals surface area contributed by atoms with Crippen molar-refractivity contribution < 1.29 is 14.3 Å². The minimum Gasteiger partial charge on any atom is -0.465 e. The lowest BCUT2D eigenvalue weighted by atomic mass is 9.81. The van der Waals surface area contributed by atoms with Crippen LogP contribution < -0.4 is 10.6 Å². The van der Waals surface area contributed by atoms with E-state index in [2.05, 4.69) is 48.3 Å². The molecule has 0 spiro atoms. The molecule has 0 atom stereocenters. The number of carbonyl (C=O) groups is 2. The fourth-order valence-corrected chi connectivity index (χ4v) is 5.47. The molecule has 8 heteroatoms. The van der Waals surface area contributed by atoms with Gasteiger partial charge in [0.05, 0.1) is 23.7 Å². The maximum absolute atomic E-state index is 13.0. The summed E-state index contributed by atoms with van der Waals surface area (Å²) in [5.74, 6) is -0.753. The van der Waals surface area contributed by atoms with E-state index in [1.165, 1.54) is 18.4 Å². The number of amides is 1. The summed E-state index contributed by atoms with van der Waals surface area (Å²) in [5.41, 5.74) is 2.63. The molecule has 30 heavy (non-hydrogen) atoms. The first-order valence-electron chi connectivity index (χ1n) is 9.67. The van der Waals surface area contributed by atoms with Crippen LogP contribution in [0.3, 0.4) is 0 Å². The van der Waals surface area contributed by atoms with Gasteiger partial charge in [0.1, 0.15) is 5.00 Å². The molecule has 156 valence electrons. The van der Waals surface area contributed by atoms with Crippen molar-refractivity contribution in [1.29, 1.82) is 0 Å². The summed E-state index contributed by atoms with van der Waals surface area (Å²) in [7, 11) is 1.36. The zero-order valence-electron chi connectivity index (χ0n) is 17.6. The molecule has 1 aromatic carbocycles. The molecule has 7 nitrogen and oxygen atoms in total. The Labute approximate surface area is 178 Å². The van der Waals surface area contributed by atoms with E-state index < -0.39 is 5.97 Å². The number of aromatic nitrogens is 2. The van der Waals surface area contributed by atoms with Crippen LogP contribution in [-0.2, 0) is 16.7 Å². The van der Waals surface area contributed by atoms with E-state index >= 15 is 0 Å². The van der Waals surface area contributed by atoms with E-state index in [1.54, 1.807) is 30.6 Å². The lowest BCUT2D eigenvalue weighted by Gasteiger charge is -2.42. The first kappa shape index (κ1) is 20.4. The number of methoxy groups -OCH3 is 1. The molecule has 3 heterocycles. The fourth-order valence-electron chi connectivity index (χ4n) is 4.21. The smallest absolute Gasteiger partial charge is 0.341 e. The van der Waals surface area contributed by atoms with Crippen LogP contribution in [0.15, 0.2) is 30.6 Å². The summed E-state index contributed by atoms with van der Waals surface area (Å²) in [6, 6.07) is 5.15. The molecule has 0 radical (unpaired) electrons. The maximum Gasteiger partial charge on any atom is 0.341 e. The lowest BCUT2D eigenvalue weighted by molar-refractivity contribution is 0.0600. The number of anilines is 1. The van der Waals surface area contributed by atoms with Crippen LogP contribution in [0, 0.1) is 0 Å². The summed E-state index contributed by atoms with van der Waals surface area (Å²) < 4.78 is 5.06. The third kappa shape index (κ3) is 3.57. The van der Waals surface area contributed by atoms with Crippen molar-refractivity contribution in [3.63, 3.8) is 0 Å². The number of thiophene rings is 1. The largest absolute Gasteiger partial charge is 0.465 e. The Morgan fingerprint density at radius 2 is 1.83 bits per heavy atom. The number of hydrogen-bond donors (Lipinski definition) is 2. The van der Waals surface area contributed by atoms with Gasteiger partial charge in [0.2, 0.25) is 0 Å². The van der Waals surface area contributed by atoms with E-state index in [1.807, 2.05) is 0 Å². The molecule has 0 fully saturated rings. The molecule has 3 aromatic rings. The monoisotopic (exact) mass is 424 g/mol. The first-order valence-corrected chi connectivity index (χ1v) is 10.5. The molecule has 0 saturated heterocycles. The van der Waals surface area contributed by atoms with E-state index in [-0.39, 0.29) is 17.0 Å². The SMILES string of the molecule is COC(=O)c1c(NC(=O)c2ccc3nccnc3c2)sc2c1CC(C)(C)NC2(C)C. The average Bonchev–Trinajstić information content (AvgIpc) is 3.04. The quantitative estimate of drug-likeness (QED) is 0.620. The Hall–Kier alpha value is -2.84. The minimum absolute atomic E-state index is 0.196. The summed E-state index contributed by atoms with van der Waals surface area (Å²) in [5, 5.41) is 7.06. The zero-order valence-corrected chi connectivity index (χ0v) is 18.4. The molecule has 0 saturated carbocycles. The van der Waals surface area contributed by atoms with Gasteiger partial charge in [-0.2, -0.15) is 0 Å². The molecule has 0 bridgehead atoms. The van der Waals surface area contributed by atoms with Crippen LogP contribution in [0.25, 0.3) is 11.0 Å². The van der Waals surface area contributed by atoms with Crippen molar-refractivity contribution in [3.05, 3.63) is 52.2 Å². The number of hydrogen-bond acceptors (Lipinski definition) is 7. The number of nitrogens with one attached hydrogen (secondary N) is 2. The van der Waals surface area contributed by atoms with Gasteiger partial charge in [0.15, 0.2) is 0 Å². The van der Waals surface area contributed by atoms with Crippen molar-refractivity contribution in [2.75, 3.05) is 12.4 Å². The highest BCUT2D eigenvalue weighted by molar-refractivity contribution is 7.17. The Morgan fingerprint density at radius 3 is 2.53 bits per heavy atom. The molecule has 2 aromatic heterocycles. The topological polar surface area (TPSA) is 93.2 Å². The number of esters is 1. The van der Waals surface area contributed by atoms with Gasteiger partial charge in [-0.1, -0.05) is 0 Å². The molecule has 0 unspecified atom stereocenters. The number of benzene rings is 1. The Bertz CT molecular complexity index is 1170. The standard InChI is InChI=1S/C22H24N4O3S/c1-21(2)11-13-16(20(28)29-5)19(30-17(13)22(3,4)26-21)25-18(27)12-6-7-14-15(10-12)24-9-8-23-14/h6-10,26H,11H2,1-5H3,(H,25,27). The van der Waals surface area contributed by atoms with Crippen molar-refractivity contribution in [3.8, 4) is 0 Å². The van der Waals surface area contributed by atoms with E-state index in [0.717, 1.165) is 10.4 Å². The highest BCUT2D eigenvalue weighted by Gasteiger charge is 2.42. The van der Waals surface area contributed by atoms with Gasteiger partial charge >= 0.3 is 5.97 Å². The van der Waals surface area contributed by atoms with Crippen LogP contribution in [0.5, 0.6) is 0 Å². The van der Waals surface area contributed by atoms with Gasteiger partial charge in [0, 0.05) is 33.9 Å². The van der Waals surface area contributed by atoms with Crippen molar-refractivity contribution in [2.45, 2.75) is 45.2 Å². The molecule has 4 rings (SSSR count). The molecule has 1 amide bonds. The van der Waals surface area contributed by atoms with Crippen LogP contribution in [-0.4, -0.2) is 34.5 Å². The fraction of sp³-hybridized carbons (Fsp3) is 0.364. The number of carbonyl (C=O) groups excluding carboxylic acids is 2. The van der Waals surface area contributed by atoms with Gasteiger partial charge in [-0.15, -0.1) is 11.3 Å². The Kier molecular flexibility index (Phi) is 4.86. The van der Waals surface area contributed by atoms with Crippen LogP contribution in [0.4, 0.5) is 5.00 Å². The molecular weight excluding hydrogens is 400 g/mol. The summed E-state index contributed by atoms with van der Waals surface area (Å²) in [6.07, 6.45) is 3.86. The number of ether oxygens (including phenoxy) is 1. The van der Waals surface area contributed by atoms with Crippen LogP contribution in [0.1, 0.15) is 58.9 Å². The first-order chi connectivity index (χ1) is 14.1. The van der Waals surface area contributed by atoms with Crippen LogP contribution >= 0.6 is 11.3 Å². The second-order valence-corrected chi connectivity index (χ2v) is 9.65. The average molecular weight is 425 g/mol. The summed E-state index contributed by atoms with van der Waals surface area (Å²) >= 11 is 1.42. The van der Waals surface area contributed by atoms with Gasteiger partial charge in [-0.3, -0.25) is 14.8 Å². The molecular formula is C22H24N4O3S.